The number of hydrogen-bond acceptors (Lipinski definition) is 7. The molecule has 0 bridgehead atoms. The van der Waals surface area contributed by atoms with Crippen molar-refractivity contribution in [1.82, 2.24) is 34.0 Å². The Morgan fingerprint density at radius 1 is 1.30 bits per heavy atom. The maximum atomic E-state index is 12.0. The average Bonchev–Trinajstić information content (AvgIpc) is 3.53. The van der Waals surface area contributed by atoms with E-state index in [2.05, 4.69) is 33.4 Å². The Morgan fingerprint density at radius 2 is 2.15 bits per heavy atom. The fraction of sp³-hybridized carbons (Fsp3) is 0.261. The number of nitrogens with zero attached hydrogens (tertiary/aromatic N) is 7. The number of ether oxygens (including phenoxy) is 1. The number of methoxy groups -OCH3 is 1. The minimum atomic E-state index is -0.0966. The number of likely N-dealkylation sites (tertiary alicyclic amines) is 1. The first-order valence-electron chi connectivity index (χ1n) is 10.4. The number of pyridine rings is 1. The molecule has 1 fully saturated rings. The predicted octanol–water partition coefficient (Wildman–Crippen LogP) is 1.73. The summed E-state index contributed by atoms with van der Waals surface area (Å²) in [5.74, 6) is 7.05. The van der Waals surface area contributed by atoms with Gasteiger partial charge in [-0.15, -0.1) is 0 Å². The van der Waals surface area contributed by atoms with Gasteiger partial charge in [-0.05, 0) is 42.9 Å². The van der Waals surface area contributed by atoms with Gasteiger partial charge in [-0.1, -0.05) is 6.58 Å². The van der Waals surface area contributed by atoms with Crippen molar-refractivity contribution in [3.63, 3.8) is 0 Å². The van der Waals surface area contributed by atoms with Crippen molar-refractivity contribution in [3.05, 3.63) is 54.4 Å². The smallest absolute Gasteiger partial charge is 0.246 e. The van der Waals surface area contributed by atoms with Gasteiger partial charge in [0.1, 0.15) is 23.5 Å². The summed E-state index contributed by atoms with van der Waals surface area (Å²) in [5, 5.41) is 5.30. The molecule has 1 amide bonds. The highest BCUT2D eigenvalue weighted by Gasteiger charge is 2.29. The van der Waals surface area contributed by atoms with Gasteiger partial charge < -0.3 is 19.8 Å². The molecule has 1 aliphatic rings. The number of carbonyl (C=O) groups excluding carboxylic acids is 1. The van der Waals surface area contributed by atoms with Crippen molar-refractivity contribution in [2.24, 2.45) is 0 Å². The van der Waals surface area contributed by atoms with E-state index in [1.54, 1.807) is 16.7 Å². The fourth-order valence-corrected chi connectivity index (χ4v) is 4.14. The number of aryl methyl sites for hydroxylation is 1. The number of nitrogen functional groups attached to an aromatic ring is 1. The van der Waals surface area contributed by atoms with Gasteiger partial charge >= 0.3 is 0 Å². The number of carbonyl (C=O) groups is 1. The van der Waals surface area contributed by atoms with Crippen molar-refractivity contribution >= 4 is 28.4 Å². The lowest BCUT2D eigenvalue weighted by molar-refractivity contribution is -0.125. The first kappa shape index (κ1) is 20.5. The number of aromatic nitrogens is 6. The summed E-state index contributed by atoms with van der Waals surface area (Å²) in [6, 6.07) is 1.89. The Labute approximate surface area is 189 Å². The maximum Gasteiger partial charge on any atom is 0.246 e. The van der Waals surface area contributed by atoms with E-state index in [0.29, 0.717) is 52.7 Å². The van der Waals surface area contributed by atoms with Crippen LogP contribution in [0.15, 0.2) is 37.4 Å². The van der Waals surface area contributed by atoms with E-state index in [1.807, 2.05) is 29.8 Å². The highest BCUT2D eigenvalue weighted by atomic mass is 16.5. The molecule has 1 saturated heterocycles. The van der Waals surface area contributed by atoms with Crippen LogP contribution in [-0.2, 0) is 4.79 Å². The second-order valence-corrected chi connectivity index (χ2v) is 7.87. The molecule has 33 heavy (non-hydrogen) atoms. The summed E-state index contributed by atoms with van der Waals surface area (Å²) in [4.78, 5) is 26.8. The van der Waals surface area contributed by atoms with Gasteiger partial charge in [-0.2, -0.15) is 5.10 Å². The van der Waals surface area contributed by atoms with E-state index < -0.39 is 0 Å². The van der Waals surface area contributed by atoms with Gasteiger partial charge in [-0.25, -0.2) is 19.6 Å². The van der Waals surface area contributed by atoms with Gasteiger partial charge in [0.25, 0.3) is 0 Å². The molecule has 4 aromatic heterocycles. The zero-order valence-electron chi connectivity index (χ0n) is 18.3. The van der Waals surface area contributed by atoms with Crippen LogP contribution in [0.4, 0.5) is 5.82 Å². The monoisotopic (exact) mass is 442 g/mol. The molecule has 0 aliphatic carbocycles. The lowest BCUT2D eigenvalue weighted by Gasteiger charge is -2.14. The number of hydrogen-bond donors (Lipinski definition) is 1. The first-order chi connectivity index (χ1) is 16.0. The standard InChI is InChI=1S/C23H22N8O2/c1-4-19(32)29-8-7-16(12-29)31-23-20(21(24)25-13-26-23)17(28-31)6-5-15-11-30-10-14(2)9-18(33-3)22(30)27-15/h4,9-11,13,16H,1,7-8,12H2,2-3H3,(H2,24,25,26)/t16-/m0/s1. The molecule has 0 radical (unpaired) electrons. The van der Waals surface area contributed by atoms with Gasteiger partial charge in [-0.3, -0.25) is 4.79 Å². The molecule has 0 aromatic carbocycles. The predicted molar refractivity (Wildman–Crippen MR) is 123 cm³/mol. The van der Waals surface area contributed by atoms with Crippen LogP contribution >= 0.6 is 0 Å². The van der Waals surface area contributed by atoms with E-state index in [-0.39, 0.29) is 11.9 Å². The summed E-state index contributed by atoms with van der Waals surface area (Å²) in [6.45, 7) is 6.70. The normalized spacial score (nSPS) is 15.6. The summed E-state index contributed by atoms with van der Waals surface area (Å²) in [7, 11) is 1.61. The fourth-order valence-electron chi connectivity index (χ4n) is 4.14. The second-order valence-electron chi connectivity index (χ2n) is 7.87. The van der Waals surface area contributed by atoms with Crippen LogP contribution in [0.25, 0.3) is 16.7 Å². The van der Waals surface area contributed by atoms with Crippen molar-refractivity contribution in [2.75, 3.05) is 25.9 Å². The Balaban J connectivity index is 1.55. The van der Waals surface area contributed by atoms with Crippen LogP contribution in [0.3, 0.4) is 0 Å². The molecular formula is C23H22N8O2. The second kappa shape index (κ2) is 7.94. The Bertz CT molecular complexity index is 1470. The number of rotatable bonds is 3. The molecule has 4 aromatic rings. The zero-order chi connectivity index (χ0) is 23.1. The molecule has 10 nitrogen and oxygen atoms in total. The number of imidazole rings is 1. The van der Waals surface area contributed by atoms with Crippen LogP contribution in [0, 0.1) is 18.8 Å². The van der Waals surface area contributed by atoms with E-state index in [9.17, 15) is 4.79 Å². The highest BCUT2D eigenvalue weighted by molar-refractivity contribution is 5.91. The molecule has 5 heterocycles. The number of anilines is 1. The first-order valence-corrected chi connectivity index (χ1v) is 10.4. The van der Waals surface area contributed by atoms with E-state index in [1.165, 1.54) is 12.4 Å². The SMILES string of the molecule is C=CC(=O)N1CC[C@H](n2nc(C#Cc3cn4cc(C)cc(OC)c4n3)c3c(N)ncnc32)C1. The molecule has 2 N–H and O–H groups in total. The van der Waals surface area contributed by atoms with Crippen molar-refractivity contribution in [3.8, 4) is 17.6 Å². The van der Waals surface area contributed by atoms with Crippen LogP contribution in [0.5, 0.6) is 5.75 Å². The minimum Gasteiger partial charge on any atom is -0.493 e. The Hall–Kier alpha value is -4.39. The number of amides is 1. The largest absolute Gasteiger partial charge is 0.493 e. The molecular weight excluding hydrogens is 420 g/mol. The molecule has 10 heteroatoms. The van der Waals surface area contributed by atoms with Crippen LogP contribution in [0.1, 0.15) is 29.4 Å². The van der Waals surface area contributed by atoms with Crippen molar-refractivity contribution in [1.29, 1.82) is 0 Å². The maximum absolute atomic E-state index is 12.0. The van der Waals surface area contributed by atoms with E-state index in [0.717, 1.165) is 12.0 Å². The minimum absolute atomic E-state index is 0.0383. The third-order valence-corrected chi connectivity index (χ3v) is 5.70. The van der Waals surface area contributed by atoms with Crippen LogP contribution in [-0.4, -0.2) is 60.1 Å². The molecule has 0 saturated carbocycles. The summed E-state index contributed by atoms with van der Waals surface area (Å²) >= 11 is 0. The lowest BCUT2D eigenvalue weighted by atomic mass is 10.2. The molecule has 0 spiro atoms. The summed E-state index contributed by atoms with van der Waals surface area (Å²) in [5.41, 5.74) is 9.53. The summed E-state index contributed by atoms with van der Waals surface area (Å²) in [6.07, 6.45) is 7.28. The third-order valence-electron chi connectivity index (χ3n) is 5.70. The zero-order valence-corrected chi connectivity index (χ0v) is 18.3. The number of fused-ring (bicyclic) bond motifs is 2. The van der Waals surface area contributed by atoms with E-state index >= 15 is 0 Å². The van der Waals surface area contributed by atoms with Gasteiger partial charge in [0.2, 0.25) is 5.91 Å². The van der Waals surface area contributed by atoms with Crippen LogP contribution < -0.4 is 10.5 Å². The summed E-state index contributed by atoms with van der Waals surface area (Å²) < 4.78 is 9.12. The van der Waals surface area contributed by atoms with Crippen LogP contribution in [0.2, 0.25) is 0 Å². The Morgan fingerprint density at radius 3 is 2.94 bits per heavy atom. The molecule has 1 atom stereocenters. The lowest BCUT2D eigenvalue weighted by Crippen LogP contribution is -2.27. The average molecular weight is 442 g/mol. The van der Waals surface area contributed by atoms with E-state index in [4.69, 9.17) is 15.6 Å². The van der Waals surface area contributed by atoms with Crippen molar-refractivity contribution < 1.29 is 9.53 Å². The van der Waals surface area contributed by atoms with Gasteiger partial charge in [0, 0.05) is 25.5 Å². The molecule has 1 aliphatic heterocycles. The Kier molecular flexibility index (Phi) is 4.94. The third kappa shape index (κ3) is 3.53. The molecule has 0 unspecified atom stereocenters. The van der Waals surface area contributed by atoms with Gasteiger partial charge in [0.15, 0.2) is 17.0 Å². The van der Waals surface area contributed by atoms with Gasteiger partial charge in [0.05, 0.1) is 18.5 Å². The topological polar surface area (TPSA) is 116 Å². The quantitative estimate of drug-likeness (QED) is 0.379. The molecule has 166 valence electrons. The highest BCUT2D eigenvalue weighted by Crippen LogP contribution is 2.28. The van der Waals surface area contributed by atoms with Crippen molar-refractivity contribution in [2.45, 2.75) is 19.4 Å². The number of nitrogens with two attached hydrogens (primary N) is 1. The molecule has 5 rings (SSSR count).